The van der Waals surface area contributed by atoms with E-state index in [1.807, 2.05) is 18.2 Å². The van der Waals surface area contributed by atoms with Crippen molar-refractivity contribution in [3.8, 4) is 0 Å². The van der Waals surface area contributed by atoms with Crippen molar-refractivity contribution < 1.29 is 4.79 Å². The molecule has 0 radical (unpaired) electrons. The maximum absolute atomic E-state index is 11.8. The molecule has 18 heavy (non-hydrogen) atoms. The third-order valence-corrected chi connectivity index (χ3v) is 3.28. The van der Waals surface area contributed by atoms with Crippen molar-refractivity contribution in [3.05, 3.63) is 42.9 Å². The minimum Gasteiger partial charge on any atom is -0.324 e. The highest BCUT2D eigenvalue weighted by Gasteiger charge is 2.04. The van der Waals surface area contributed by atoms with Crippen molar-refractivity contribution in [2.24, 2.45) is 0 Å². The molecule has 3 rings (SSSR count). The number of hydrogen-bond donors (Lipinski definition) is 1. The van der Waals surface area contributed by atoms with Crippen molar-refractivity contribution in [2.45, 2.75) is 6.54 Å². The zero-order valence-electron chi connectivity index (χ0n) is 9.41. The Balaban J connectivity index is 1.73. The van der Waals surface area contributed by atoms with Crippen LogP contribution >= 0.6 is 11.5 Å². The molecule has 1 amide bonds. The molecule has 0 bridgehead atoms. The molecule has 0 aliphatic heterocycles. The molecule has 0 spiro atoms. The molecule has 0 fully saturated rings. The Bertz CT molecular complexity index is 674. The van der Waals surface area contributed by atoms with Gasteiger partial charge in [0.1, 0.15) is 6.54 Å². The predicted octanol–water partition coefficient (Wildman–Crippen LogP) is 2.13. The largest absolute Gasteiger partial charge is 0.324 e. The summed E-state index contributed by atoms with van der Waals surface area (Å²) in [6.45, 7) is 0.215. The van der Waals surface area contributed by atoms with Crippen LogP contribution in [0.4, 0.5) is 5.69 Å². The highest BCUT2D eigenvalue weighted by atomic mass is 32.1. The maximum Gasteiger partial charge on any atom is 0.246 e. The van der Waals surface area contributed by atoms with Crippen molar-refractivity contribution in [1.82, 2.24) is 14.2 Å². The molecule has 0 aliphatic rings. The second-order valence-corrected chi connectivity index (χ2v) is 4.66. The number of anilines is 1. The molecule has 6 heteroatoms. The van der Waals surface area contributed by atoms with E-state index >= 15 is 0 Å². The van der Waals surface area contributed by atoms with Gasteiger partial charge in [0, 0.05) is 29.7 Å². The highest BCUT2D eigenvalue weighted by molar-refractivity contribution is 7.13. The summed E-state index contributed by atoms with van der Waals surface area (Å²) in [4.78, 5) is 11.8. The van der Waals surface area contributed by atoms with Gasteiger partial charge in [0.2, 0.25) is 5.91 Å². The lowest BCUT2D eigenvalue weighted by molar-refractivity contribution is -0.116. The standard InChI is InChI=1S/C12H10N4OS/c17-12(8-16-5-1-4-13-16)15-10-2-3-11-9(6-10)7-14-18-11/h1-7H,8H2,(H,15,17). The van der Waals surface area contributed by atoms with Gasteiger partial charge in [-0.25, -0.2) is 0 Å². The van der Waals surface area contributed by atoms with Crippen LogP contribution < -0.4 is 5.32 Å². The number of carbonyl (C=O) groups is 1. The molecule has 2 aromatic heterocycles. The van der Waals surface area contributed by atoms with Gasteiger partial charge in [-0.2, -0.15) is 9.47 Å². The molecule has 0 saturated carbocycles. The fraction of sp³-hybridized carbons (Fsp3) is 0.0833. The quantitative estimate of drug-likeness (QED) is 0.783. The van der Waals surface area contributed by atoms with Crippen LogP contribution in [0.2, 0.25) is 0 Å². The van der Waals surface area contributed by atoms with E-state index < -0.39 is 0 Å². The minimum atomic E-state index is -0.0961. The molecule has 0 atom stereocenters. The Morgan fingerprint density at radius 1 is 1.44 bits per heavy atom. The Hall–Kier alpha value is -2.21. The number of rotatable bonds is 3. The summed E-state index contributed by atoms with van der Waals surface area (Å²) < 4.78 is 6.79. The first-order valence-corrected chi connectivity index (χ1v) is 6.20. The van der Waals surface area contributed by atoms with Crippen LogP contribution in [-0.4, -0.2) is 20.1 Å². The zero-order valence-corrected chi connectivity index (χ0v) is 10.2. The SMILES string of the molecule is O=C(Cn1cccn1)Nc1ccc2sncc2c1. The van der Waals surface area contributed by atoms with E-state index in [1.54, 1.807) is 29.3 Å². The Morgan fingerprint density at radius 2 is 2.39 bits per heavy atom. The van der Waals surface area contributed by atoms with E-state index in [-0.39, 0.29) is 12.5 Å². The monoisotopic (exact) mass is 258 g/mol. The lowest BCUT2D eigenvalue weighted by Gasteiger charge is -2.05. The number of amides is 1. The second-order valence-electron chi connectivity index (χ2n) is 3.83. The Labute approximate surface area is 107 Å². The summed E-state index contributed by atoms with van der Waals surface area (Å²) in [5.41, 5.74) is 0.778. The number of aromatic nitrogens is 3. The average molecular weight is 258 g/mol. The van der Waals surface area contributed by atoms with Crippen LogP contribution in [-0.2, 0) is 11.3 Å². The number of nitrogens with one attached hydrogen (secondary N) is 1. The van der Waals surface area contributed by atoms with E-state index in [1.165, 1.54) is 11.5 Å². The van der Waals surface area contributed by atoms with E-state index in [4.69, 9.17) is 0 Å². The van der Waals surface area contributed by atoms with Crippen LogP contribution in [0.1, 0.15) is 0 Å². The van der Waals surface area contributed by atoms with Gasteiger partial charge < -0.3 is 5.32 Å². The third kappa shape index (κ3) is 2.23. The number of benzene rings is 1. The molecule has 90 valence electrons. The summed E-state index contributed by atoms with van der Waals surface area (Å²) in [6, 6.07) is 7.54. The average Bonchev–Trinajstić information content (AvgIpc) is 2.98. The van der Waals surface area contributed by atoms with Gasteiger partial charge in [-0.3, -0.25) is 9.48 Å². The van der Waals surface area contributed by atoms with Crippen LogP contribution in [0.25, 0.3) is 10.1 Å². The van der Waals surface area contributed by atoms with Gasteiger partial charge in [0.25, 0.3) is 0 Å². The number of hydrogen-bond acceptors (Lipinski definition) is 4. The van der Waals surface area contributed by atoms with Crippen LogP contribution in [0.15, 0.2) is 42.9 Å². The van der Waals surface area contributed by atoms with Crippen molar-refractivity contribution in [3.63, 3.8) is 0 Å². The van der Waals surface area contributed by atoms with E-state index in [0.29, 0.717) is 0 Å². The van der Waals surface area contributed by atoms with Crippen LogP contribution in [0.5, 0.6) is 0 Å². The second kappa shape index (κ2) is 4.58. The molecule has 0 aliphatic carbocycles. The van der Waals surface area contributed by atoms with E-state index in [9.17, 15) is 4.79 Å². The lowest BCUT2D eigenvalue weighted by Crippen LogP contribution is -2.18. The van der Waals surface area contributed by atoms with Crippen LogP contribution in [0, 0.1) is 0 Å². The summed E-state index contributed by atoms with van der Waals surface area (Å²) in [5, 5.41) is 7.87. The summed E-state index contributed by atoms with van der Waals surface area (Å²) in [5.74, 6) is -0.0961. The number of fused-ring (bicyclic) bond motifs is 1. The van der Waals surface area contributed by atoms with Gasteiger partial charge in [0.05, 0.1) is 4.70 Å². The van der Waals surface area contributed by atoms with Crippen LogP contribution in [0.3, 0.4) is 0 Å². The molecule has 2 heterocycles. The molecule has 0 saturated heterocycles. The molecule has 5 nitrogen and oxygen atoms in total. The molecule has 1 N–H and O–H groups in total. The first-order chi connectivity index (χ1) is 8.81. The normalized spacial score (nSPS) is 10.7. The fourth-order valence-electron chi connectivity index (χ4n) is 1.69. The lowest BCUT2D eigenvalue weighted by atomic mass is 10.2. The zero-order chi connectivity index (χ0) is 12.4. The summed E-state index contributed by atoms with van der Waals surface area (Å²) in [7, 11) is 0. The first kappa shape index (κ1) is 10.9. The van der Waals surface area contributed by atoms with E-state index in [2.05, 4.69) is 14.8 Å². The fourth-order valence-corrected chi connectivity index (χ4v) is 2.32. The van der Waals surface area contributed by atoms with Gasteiger partial charge in [0.15, 0.2) is 0 Å². The number of carbonyl (C=O) groups excluding carboxylic acids is 1. The molecular weight excluding hydrogens is 248 g/mol. The van der Waals surface area contributed by atoms with Gasteiger partial charge in [-0.05, 0) is 35.8 Å². The van der Waals surface area contributed by atoms with E-state index in [0.717, 1.165) is 15.8 Å². The minimum absolute atomic E-state index is 0.0961. The van der Waals surface area contributed by atoms with Crippen molar-refractivity contribution in [2.75, 3.05) is 5.32 Å². The molecular formula is C12H10N4OS. The van der Waals surface area contributed by atoms with Gasteiger partial charge in [-0.15, -0.1) is 0 Å². The molecule has 3 aromatic rings. The van der Waals surface area contributed by atoms with Gasteiger partial charge in [-0.1, -0.05) is 0 Å². The molecule has 1 aromatic carbocycles. The first-order valence-electron chi connectivity index (χ1n) is 5.43. The van der Waals surface area contributed by atoms with Crippen molar-refractivity contribution >= 4 is 33.2 Å². The van der Waals surface area contributed by atoms with Crippen molar-refractivity contribution in [1.29, 1.82) is 0 Å². The predicted molar refractivity (Wildman–Crippen MR) is 70.5 cm³/mol. The Morgan fingerprint density at radius 3 is 3.22 bits per heavy atom. The third-order valence-electron chi connectivity index (χ3n) is 2.50. The van der Waals surface area contributed by atoms with Gasteiger partial charge >= 0.3 is 0 Å². The summed E-state index contributed by atoms with van der Waals surface area (Å²) in [6.07, 6.45) is 5.20. The topological polar surface area (TPSA) is 59.8 Å². The number of nitrogens with zero attached hydrogens (tertiary/aromatic N) is 3. The maximum atomic E-state index is 11.8. The smallest absolute Gasteiger partial charge is 0.246 e. The molecule has 0 unspecified atom stereocenters. The summed E-state index contributed by atoms with van der Waals surface area (Å²) >= 11 is 1.44. The highest BCUT2D eigenvalue weighted by Crippen LogP contribution is 2.21. The Kier molecular flexibility index (Phi) is 2.77.